The van der Waals surface area contributed by atoms with Crippen LogP contribution in [0.2, 0.25) is 5.02 Å². The van der Waals surface area contributed by atoms with Crippen LogP contribution in [0, 0.1) is 0 Å². The van der Waals surface area contributed by atoms with Crippen molar-refractivity contribution in [1.29, 1.82) is 0 Å². The van der Waals surface area contributed by atoms with E-state index in [1.165, 1.54) is 0 Å². The molecule has 0 atom stereocenters. The highest BCUT2D eigenvalue weighted by atomic mass is 35.5. The third kappa shape index (κ3) is 5.69. The first kappa shape index (κ1) is 16.6. The minimum Gasteiger partial charge on any atom is -0.396 e. The van der Waals surface area contributed by atoms with E-state index >= 15 is 0 Å². The summed E-state index contributed by atoms with van der Waals surface area (Å²) < 4.78 is 0. The lowest BCUT2D eigenvalue weighted by Gasteiger charge is -2.18. The molecule has 20 heavy (non-hydrogen) atoms. The van der Waals surface area contributed by atoms with Crippen molar-refractivity contribution in [2.75, 3.05) is 26.2 Å². The first-order valence-electron chi connectivity index (χ1n) is 6.49. The van der Waals surface area contributed by atoms with Crippen LogP contribution in [0.1, 0.15) is 23.7 Å². The minimum atomic E-state index is -0.440. The monoisotopic (exact) mass is 298 g/mol. The Morgan fingerprint density at radius 1 is 1.30 bits per heavy atom. The molecule has 0 aliphatic rings. The number of rotatable bonds is 7. The number of nitrogens with zero attached hydrogens (tertiary/aromatic N) is 1. The van der Waals surface area contributed by atoms with Crippen LogP contribution in [0.4, 0.5) is 0 Å². The van der Waals surface area contributed by atoms with Crippen LogP contribution in [0.5, 0.6) is 0 Å². The maximum atomic E-state index is 11.8. The van der Waals surface area contributed by atoms with Crippen LogP contribution in [0.3, 0.4) is 0 Å². The molecule has 2 N–H and O–H groups in total. The first-order chi connectivity index (χ1) is 9.56. The van der Waals surface area contributed by atoms with Crippen LogP contribution in [-0.2, 0) is 4.79 Å². The Labute approximate surface area is 123 Å². The topological polar surface area (TPSA) is 69.6 Å². The van der Waals surface area contributed by atoms with Crippen LogP contribution in [0.15, 0.2) is 24.3 Å². The molecule has 1 rings (SSSR count). The third-order valence-corrected chi connectivity index (χ3v) is 3.06. The number of carbonyl (C=O) groups excluding carboxylic acids is 2. The number of aliphatic hydroxyl groups excluding tert-OH is 1. The van der Waals surface area contributed by atoms with Gasteiger partial charge >= 0.3 is 0 Å². The van der Waals surface area contributed by atoms with Crippen molar-refractivity contribution in [3.05, 3.63) is 34.9 Å². The van der Waals surface area contributed by atoms with E-state index < -0.39 is 5.91 Å². The van der Waals surface area contributed by atoms with Crippen LogP contribution in [0.25, 0.3) is 0 Å². The highest BCUT2D eigenvalue weighted by Gasteiger charge is 2.13. The lowest BCUT2D eigenvalue weighted by Crippen LogP contribution is -2.40. The van der Waals surface area contributed by atoms with Gasteiger partial charge in [-0.3, -0.25) is 19.8 Å². The Morgan fingerprint density at radius 2 is 1.95 bits per heavy atom. The second kappa shape index (κ2) is 8.68. The van der Waals surface area contributed by atoms with Crippen molar-refractivity contribution < 1.29 is 14.7 Å². The molecule has 1 aromatic rings. The molecule has 0 radical (unpaired) electrons. The highest BCUT2D eigenvalue weighted by Crippen LogP contribution is 2.09. The fourth-order valence-electron chi connectivity index (χ4n) is 1.69. The Morgan fingerprint density at radius 3 is 2.50 bits per heavy atom. The molecule has 2 amide bonds. The van der Waals surface area contributed by atoms with Crippen molar-refractivity contribution in [3.63, 3.8) is 0 Å². The van der Waals surface area contributed by atoms with Gasteiger partial charge in [0.2, 0.25) is 5.91 Å². The largest absolute Gasteiger partial charge is 0.396 e. The number of nitrogens with one attached hydrogen (secondary N) is 1. The zero-order valence-corrected chi connectivity index (χ0v) is 12.2. The van der Waals surface area contributed by atoms with Crippen LogP contribution >= 0.6 is 11.6 Å². The average molecular weight is 299 g/mol. The van der Waals surface area contributed by atoms with Gasteiger partial charge in [-0.2, -0.15) is 0 Å². The number of aliphatic hydroxyl groups is 1. The fraction of sp³-hybridized carbons (Fsp3) is 0.429. The van der Waals surface area contributed by atoms with E-state index in [1.807, 2.05) is 11.8 Å². The number of hydrogen-bond acceptors (Lipinski definition) is 4. The number of amides is 2. The van der Waals surface area contributed by atoms with Crippen LogP contribution in [-0.4, -0.2) is 48.1 Å². The molecular weight excluding hydrogens is 280 g/mol. The average Bonchev–Trinajstić information content (AvgIpc) is 2.43. The molecule has 0 fully saturated rings. The second-order valence-corrected chi connectivity index (χ2v) is 4.77. The first-order valence-corrected chi connectivity index (χ1v) is 6.87. The van der Waals surface area contributed by atoms with E-state index in [4.69, 9.17) is 16.7 Å². The number of carbonyl (C=O) groups is 2. The Bertz CT molecular complexity index is 448. The van der Waals surface area contributed by atoms with Crippen molar-refractivity contribution in [1.82, 2.24) is 10.2 Å². The van der Waals surface area contributed by atoms with E-state index in [0.717, 1.165) is 0 Å². The number of likely N-dealkylation sites (N-methyl/N-ethyl adjacent to an activating group) is 1. The normalized spacial score (nSPS) is 10.6. The van der Waals surface area contributed by atoms with E-state index in [0.29, 0.717) is 30.1 Å². The molecule has 0 unspecified atom stereocenters. The predicted molar refractivity (Wildman–Crippen MR) is 77.7 cm³/mol. The smallest absolute Gasteiger partial charge is 0.257 e. The zero-order valence-electron chi connectivity index (χ0n) is 11.4. The molecule has 0 saturated heterocycles. The fourth-order valence-corrected chi connectivity index (χ4v) is 1.81. The maximum Gasteiger partial charge on any atom is 0.257 e. The third-order valence-electron chi connectivity index (χ3n) is 2.81. The molecular formula is C14H19ClN2O3. The van der Waals surface area contributed by atoms with Gasteiger partial charge in [0.05, 0.1) is 6.54 Å². The lowest BCUT2D eigenvalue weighted by molar-refractivity contribution is -0.121. The summed E-state index contributed by atoms with van der Waals surface area (Å²) in [6.45, 7) is 3.45. The number of imide groups is 1. The summed E-state index contributed by atoms with van der Waals surface area (Å²) in [6.07, 6.45) is 0.603. The second-order valence-electron chi connectivity index (χ2n) is 4.33. The molecule has 0 saturated carbocycles. The molecule has 0 spiro atoms. The van der Waals surface area contributed by atoms with Crippen molar-refractivity contribution in [3.8, 4) is 0 Å². The number of halogens is 1. The standard InChI is InChI=1S/C14H19ClN2O3/c1-2-17(8-3-9-18)10-13(19)16-14(20)11-4-6-12(15)7-5-11/h4-7,18H,2-3,8-10H2,1H3,(H,16,19,20). The minimum absolute atomic E-state index is 0.0851. The summed E-state index contributed by atoms with van der Waals surface area (Å²) in [7, 11) is 0. The molecule has 0 bridgehead atoms. The van der Waals surface area contributed by atoms with Gasteiger partial charge in [-0.05, 0) is 37.2 Å². The van der Waals surface area contributed by atoms with E-state index in [-0.39, 0.29) is 19.1 Å². The van der Waals surface area contributed by atoms with E-state index in [1.54, 1.807) is 24.3 Å². The molecule has 0 heterocycles. The quantitative estimate of drug-likeness (QED) is 0.796. The SMILES string of the molecule is CCN(CCCO)CC(=O)NC(=O)c1ccc(Cl)cc1. The van der Waals surface area contributed by atoms with Gasteiger partial charge in [0.15, 0.2) is 0 Å². The zero-order chi connectivity index (χ0) is 15.0. The van der Waals surface area contributed by atoms with Gasteiger partial charge < -0.3 is 5.11 Å². The Hall–Kier alpha value is -1.43. The molecule has 0 aromatic heterocycles. The van der Waals surface area contributed by atoms with Crippen molar-refractivity contribution >= 4 is 23.4 Å². The summed E-state index contributed by atoms with van der Waals surface area (Å²) in [5.41, 5.74) is 0.390. The predicted octanol–water partition coefficient (Wildman–Crippen LogP) is 1.30. The highest BCUT2D eigenvalue weighted by molar-refractivity contribution is 6.30. The molecule has 1 aromatic carbocycles. The molecule has 0 aliphatic carbocycles. The number of benzene rings is 1. The molecule has 110 valence electrons. The van der Waals surface area contributed by atoms with Crippen molar-refractivity contribution in [2.45, 2.75) is 13.3 Å². The van der Waals surface area contributed by atoms with Crippen molar-refractivity contribution in [2.24, 2.45) is 0 Å². The Kier molecular flexibility index (Phi) is 7.22. The van der Waals surface area contributed by atoms with Gasteiger partial charge in [0, 0.05) is 23.7 Å². The molecule has 6 heteroatoms. The van der Waals surface area contributed by atoms with E-state index in [9.17, 15) is 9.59 Å². The van der Waals surface area contributed by atoms with Gasteiger partial charge in [0.25, 0.3) is 5.91 Å². The van der Waals surface area contributed by atoms with Gasteiger partial charge in [-0.25, -0.2) is 0 Å². The van der Waals surface area contributed by atoms with Gasteiger partial charge in [-0.15, -0.1) is 0 Å². The summed E-state index contributed by atoms with van der Waals surface area (Å²) in [6, 6.07) is 6.32. The Balaban J connectivity index is 2.48. The summed E-state index contributed by atoms with van der Waals surface area (Å²) in [4.78, 5) is 25.4. The molecule has 0 aliphatic heterocycles. The molecule has 5 nitrogen and oxygen atoms in total. The maximum absolute atomic E-state index is 11.8. The summed E-state index contributed by atoms with van der Waals surface area (Å²) >= 11 is 5.73. The summed E-state index contributed by atoms with van der Waals surface area (Å²) in [5, 5.41) is 11.6. The van der Waals surface area contributed by atoms with Gasteiger partial charge in [-0.1, -0.05) is 18.5 Å². The van der Waals surface area contributed by atoms with Gasteiger partial charge in [0.1, 0.15) is 0 Å². The van der Waals surface area contributed by atoms with Crippen LogP contribution < -0.4 is 5.32 Å². The summed E-state index contributed by atoms with van der Waals surface area (Å²) in [5.74, 6) is -0.797. The lowest BCUT2D eigenvalue weighted by atomic mass is 10.2. The number of hydrogen-bond donors (Lipinski definition) is 2. The van der Waals surface area contributed by atoms with E-state index in [2.05, 4.69) is 5.32 Å².